The van der Waals surface area contributed by atoms with E-state index >= 15 is 0 Å². The van der Waals surface area contributed by atoms with E-state index in [0.29, 0.717) is 12.6 Å². The average molecular weight is 261 g/mol. The van der Waals surface area contributed by atoms with Crippen molar-refractivity contribution >= 4 is 17.4 Å². The van der Waals surface area contributed by atoms with Gasteiger partial charge in [-0.25, -0.2) is 4.79 Å². The van der Waals surface area contributed by atoms with Gasteiger partial charge in [0.15, 0.2) is 0 Å². The lowest BCUT2D eigenvalue weighted by atomic mass is 10.1. The van der Waals surface area contributed by atoms with Gasteiger partial charge in [-0.15, -0.1) is 0 Å². The van der Waals surface area contributed by atoms with Gasteiger partial charge in [0.2, 0.25) is 0 Å². The standard InChI is InChI=1S/C14H19N3O2/c1-10-13(5-8-19-10)16-11-3-2-4-12(9-11)17-7-6-15-14(17)18/h2-4,9-10,13,16H,5-8H2,1H3,(H,15,18). The molecule has 1 aromatic rings. The number of nitrogens with zero attached hydrogens (tertiary/aromatic N) is 1. The highest BCUT2D eigenvalue weighted by Gasteiger charge is 2.25. The number of rotatable bonds is 3. The number of nitrogens with one attached hydrogen (secondary N) is 2. The molecule has 2 saturated heterocycles. The Labute approximate surface area is 112 Å². The molecule has 0 radical (unpaired) electrons. The molecule has 2 unspecified atom stereocenters. The van der Waals surface area contributed by atoms with E-state index in [4.69, 9.17) is 4.74 Å². The Morgan fingerprint density at radius 2 is 2.37 bits per heavy atom. The lowest BCUT2D eigenvalue weighted by Crippen LogP contribution is -2.28. The van der Waals surface area contributed by atoms with Crippen LogP contribution in [0.2, 0.25) is 0 Å². The van der Waals surface area contributed by atoms with Crippen LogP contribution in [0.5, 0.6) is 0 Å². The fourth-order valence-electron chi connectivity index (χ4n) is 2.62. The summed E-state index contributed by atoms with van der Waals surface area (Å²) in [5.74, 6) is 0. The number of hydrogen-bond donors (Lipinski definition) is 2. The number of ether oxygens (including phenoxy) is 1. The van der Waals surface area contributed by atoms with E-state index in [9.17, 15) is 4.79 Å². The molecule has 2 atom stereocenters. The van der Waals surface area contributed by atoms with Crippen molar-refractivity contribution in [2.45, 2.75) is 25.5 Å². The van der Waals surface area contributed by atoms with Gasteiger partial charge in [0.25, 0.3) is 0 Å². The van der Waals surface area contributed by atoms with E-state index in [0.717, 1.165) is 30.9 Å². The van der Waals surface area contributed by atoms with Gasteiger partial charge in [-0.3, -0.25) is 4.90 Å². The Bertz CT molecular complexity index is 478. The van der Waals surface area contributed by atoms with Crippen LogP contribution in [0, 0.1) is 0 Å². The minimum atomic E-state index is -0.0188. The maximum Gasteiger partial charge on any atom is 0.321 e. The molecular formula is C14H19N3O2. The molecule has 2 aliphatic heterocycles. The lowest BCUT2D eigenvalue weighted by Gasteiger charge is -2.20. The lowest BCUT2D eigenvalue weighted by molar-refractivity contribution is 0.121. The van der Waals surface area contributed by atoms with E-state index in [-0.39, 0.29) is 12.1 Å². The van der Waals surface area contributed by atoms with E-state index < -0.39 is 0 Å². The minimum Gasteiger partial charge on any atom is -0.380 e. The van der Waals surface area contributed by atoms with Crippen molar-refractivity contribution in [1.29, 1.82) is 0 Å². The van der Waals surface area contributed by atoms with Crippen molar-refractivity contribution in [1.82, 2.24) is 5.32 Å². The first kappa shape index (κ1) is 12.3. The molecule has 2 fully saturated rings. The summed E-state index contributed by atoms with van der Waals surface area (Å²) in [5, 5.41) is 6.30. The van der Waals surface area contributed by atoms with Crippen LogP contribution in [0.3, 0.4) is 0 Å². The molecule has 19 heavy (non-hydrogen) atoms. The summed E-state index contributed by atoms with van der Waals surface area (Å²) in [6.07, 6.45) is 1.26. The molecule has 0 saturated carbocycles. The molecule has 1 aromatic carbocycles. The summed E-state index contributed by atoms with van der Waals surface area (Å²) in [6.45, 7) is 4.34. The Morgan fingerprint density at radius 3 is 3.05 bits per heavy atom. The zero-order valence-electron chi connectivity index (χ0n) is 11.1. The van der Waals surface area contributed by atoms with Crippen LogP contribution in [-0.2, 0) is 4.74 Å². The topological polar surface area (TPSA) is 53.6 Å². The van der Waals surface area contributed by atoms with Crippen molar-refractivity contribution < 1.29 is 9.53 Å². The van der Waals surface area contributed by atoms with Crippen LogP contribution in [0.1, 0.15) is 13.3 Å². The number of amides is 2. The second kappa shape index (κ2) is 5.09. The smallest absolute Gasteiger partial charge is 0.321 e. The third-order valence-corrected chi connectivity index (χ3v) is 3.74. The Balaban J connectivity index is 1.74. The molecule has 0 aromatic heterocycles. The first-order valence-electron chi connectivity index (χ1n) is 6.77. The highest BCUT2D eigenvalue weighted by atomic mass is 16.5. The van der Waals surface area contributed by atoms with Gasteiger partial charge in [0.1, 0.15) is 0 Å². The Morgan fingerprint density at radius 1 is 1.47 bits per heavy atom. The summed E-state index contributed by atoms with van der Waals surface area (Å²) >= 11 is 0. The summed E-state index contributed by atoms with van der Waals surface area (Å²) in [5.41, 5.74) is 1.98. The first-order valence-corrected chi connectivity index (χ1v) is 6.77. The number of benzene rings is 1. The number of carbonyl (C=O) groups is 1. The summed E-state index contributed by atoms with van der Waals surface area (Å²) < 4.78 is 5.55. The SMILES string of the molecule is CC1OCCC1Nc1cccc(N2CCNC2=O)c1. The summed E-state index contributed by atoms with van der Waals surface area (Å²) in [7, 11) is 0. The van der Waals surface area contributed by atoms with E-state index in [1.807, 2.05) is 24.3 Å². The number of carbonyl (C=O) groups excluding carboxylic acids is 1. The van der Waals surface area contributed by atoms with Gasteiger partial charge in [0, 0.05) is 31.1 Å². The molecular weight excluding hydrogens is 242 g/mol. The van der Waals surface area contributed by atoms with Crippen LogP contribution >= 0.6 is 0 Å². The predicted molar refractivity (Wildman–Crippen MR) is 74.6 cm³/mol. The van der Waals surface area contributed by atoms with Gasteiger partial charge >= 0.3 is 6.03 Å². The van der Waals surface area contributed by atoms with E-state index in [1.165, 1.54) is 0 Å². The van der Waals surface area contributed by atoms with Crippen molar-refractivity contribution in [3.8, 4) is 0 Å². The summed E-state index contributed by atoms with van der Waals surface area (Å²) in [4.78, 5) is 13.4. The van der Waals surface area contributed by atoms with Crippen molar-refractivity contribution in [3.63, 3.8) is 0 Å². The van der Waals surface area contributed by atoms with Crippen molar-refractivity contribution in [2.24, 2.45) is 0 Å². The normalized spacial score (nSPS) is 26.6. The van der Waals surface area contributed by atoms with Crippen LogP contribution in [0.25, 0.3) is 0 Å². The van der Waals surface area contributed by atoms with Gasteiger partial charge in [-0.2, -0.15) is 0 Å². The molecule has 5 heteroatoms. The second-order valence-corrected chi connectivity index (χ2v) is 5.05. The van der Waals surface area contributed by atoms with Crippen LogP contribution in [0.4, 0.5) is 16.2 Å². The van der Waals surface area contributed by atoms with Gasteiger partial charge in [-0.1, -0.05) is 6.07 Å². The molecule has 0 spiro atoms. The van der Waals surface area contributed by atoms with E-state index in [2.05, 4.69) is 17.6 Å². The van der Waals surface area contributed by atoms with Gasteiger partial charge in [0.05, 0.1) is 12.1 Å². The Hall–Kier alpha value is -1.75. The third-order valence-electron chi connectivity index (χ3n) is 3.74. The molecule has 2 heterocycles. The zero-order valence-corrected chi connectivity index (χ0v) is 11.1. The molecule has 3 rings (SSSR count). The first-order chi connectivity index (χ1) is 9.24. The zero-order chi connectivity index (χ0) is 13.2. The predicted octanol–water partition coefficient (Wildman–Crippen LogP) is 1.81. The van der Waals surface area contributed by atoms with Crippen LogP contribution in [0.15, 0.2) is 24.3 Å². The highest BCUT2D eigenvalue weighted by molar-refractivity contribution is 5.94. The molecule has 5 nitrogen and oxygen atoms in total. The molecule has 2 amide bonds. The number of hydrogen-bond acceptors (Lipinski definition) is 3. The van der Waals surface area contributed by atoms with Crippen LogP contribution < -0.4 is 15.5 Å². The molecule has 0 bridgehead atoms. The minimum absolute atomic E-state index is 0.0188. The Kier molecular flexibility index (Phi) is 3.29. The monoisotopic (exact) mass is 261 g/mol. The fraction of sp³-hybridized carbons (Fsp3) is 0.500. The fourth-order valence-corrected chi connectivity index (χ4v) is 2.62. The largest absolute Gasteiger partial charge is 0.380 e. The van der Waals surface area contributed by atoms with Gasteiger partial charge in [-0.05, 0) is 31.5 Å². The van der Waals surface area contributed by atoms with Crippen LogP contribution in [-0.4, -0.2) is 37.9 Å². The molecule has 2 aliphatic rings. The quantitative estimate of drug-likeness (QED) is 0.872. The molecule has 2 N–H and O–H groups in total. The number of urea groups is 1. The van der Waals surface area contributed by atoms with Crippen molar-refractivity contribution in [2.75, 3.05) is 29.9 Å². The number of anilines is 2. The molecule has 102 valence electrons. The third kappa shape index (κ3) is 2.51. The van der Waals surface area contributed by atoms with E-state index in [1.54, 1.807) is 4.90 Å². The van der Waals surface area contributed by atoms with Crippen molar-refractivity contribution in [3.05, 3.63) is 24.3 Å². The molecule has 0 aliphatic carbocycles. The average Bonchev–Trinajstić information content (AvgIpc) is 3.00. The second-order valence-electron chi connectivity index (χ2n) is 5.05. The maximum atomic E-state index is 11.7. The van der Waals surface area contributed by atoms with Gasteiger partial charge < -0.3 is 15.4 Å². The summed E-state index contributed by atoms with van der Waals surface area (Å²) in [6, 6.07) is 8.32. The highest BCUT2D eigenvalue weighted by Crippen LogP contribution is 2.24. The maximum absolute atomic E-state index is 11.7.